The number of benzene rings is 2. The van der Waals surface area contributed by atoms with Crippen LogP contribution >= 0.6 is 0 Å². The number of hydrogen-bond donors (Lipinski definition) is 3. The molecular formula is C19H15N3O2. The second-order valence-electron chi connectivity index (χ2n) is 5.31. The van der Waals surface area contributed by atoms with Crippen molar-refractivity contribution in [1.82, 2.24) is 10.3 Å². The van der Waals surface area contributed by atoms with Gasteiger partial charge in [-0.25, -0.2) is 0 Å². The lowest BCUT2D eigenvalue weighted by molar-refractivity contribution is -0.117. The normalized spacial score (nSPS) is 11.2. The van der Waals surface area contributed by atoms with E-state index in [2.05, 4.69) is 10.3 Å². The predicted octanol–water partition coefficient (Wildman–Crippen LogP) is 3.10. The summed E-state index contributed by atoms with van der Waals surface area (Å²) >= 11 is 0. The van der Waals surface area contributed by atoms with E-state index in [4.69, 9.17) is 0 Å². The zero-order valence-corrected chi connectivity index (χ0v) is 12.8. The molecule has 1 aromatic heterocycles. The van der Waals surface area contributed by atoms with E-state index in [9.17, 15) is 15.2 Å². The molecular weight excluding hydrogens is 302 g/mol. The molecule has 0 aliphatic heterocycles. The number of phenols is 1. The molecule has 24 heavy (non-hydrogen) atoms. The highest BCUT2D eigenvalue weighted by molar-refractivity contribution is 6.04. The van der Waals surface area contributed by atoms with Gasteiger partial charge in [0.1, 0.15) is 17.4 Å². The molecule has 0 atom stereocenters. The van der Waals surface area contributed by atoms with Crippen molar-refractivity contribution >= 4 is 22.9 Å². The van der Waals surface area contributed by atoms with Crippen LogP contribution in [0.2, 0.25) is 0 Å². The summed E-state index contributed by atoms with van der Waals surface area (Å²) in [5.74, 6) is -0.306. The Morgan fingerprint density at radius 3 is 2.79 bits per heavy atom. The third-order valence-corrected chi connectivity index (χ3v) is 3.66. The molecule has 0 unspecified atom stereocenters. The third kappa shape index (κ3) is 3.28. The number of nitrogens with one attached hydrogen (secondary N) is 2. The van der Waals surface area contributed by atoms with Crippen LogP contribution < -0.4 is 5.32 Å². The first-order chi connectivity index (χ1) is 11.7. The van der Waals surface area contributed by atoms with Gasteiger partial charge in [0, 0.05) is 29.2 Å². The number of phenolic OH excluding ortho intramolecular Hbond substituents is 1. The van der Waals surface area contributed by atoms with Crippen LogP contribution in [0.1, 0.15) is 11.1 Å². The number of hydrogen-bond acceptors (Lipinski definition) is 3. The van der Waals surface area contributed by atoms with Crippen molar-refractivity contribution in [1.29, 1.82) is 5.26 Å². The summed E-state index contributed by atoms with van der Waals surface area (Å²) in [6.45, 7) is 0.355. The summed E-state index contributed by atoms with van der Waals surface area (Å²) in [6.07, 6.45) is 3.21. The molecule has 5 nitrogen and oxygen atoms in total. The molecule has 1 heterocycles. The Morgan fingerprint density at radius 2 is 2.04 bits per heavy atom. The average molecular weight is 317 g/mol. The topological polar surface area (TPSA) is 88.9 Å². The highest BCUT2D eigenvalue weighted by Gasteiger charge is 2.11. The first kappa shape index (κ1) is 15.4. The number of fused-ring (bicyclic) bond motifs is 1. The molecule has 0 bridgehead atoms. The summed E-state index contributed by atoms with van der Waals surface area (Å²) in [7, 11) is 0. The van der Waals surface area contributed by atoms with E-state index in [1.54, 1.807) is 24.4 Å². The fourth-order valence-electron chi connectivity index (χ4n) is 2.43. The van der Waals surface area contributed by atoms with Gasteiger partial charge in [-0.3, -0.25) is 4.79 Å². The van der Waals surface area contributed by atoms with Crippen LogP contribution in [0.3, 0.4) is 0 Å². The Morgan fingerprint density at radius 1 is 1.25 bits per heavy atom. The molecule has 0 radical (unpaired) electrons. The van der Waals surface area contributed by atoms with Gasteiger partial charge in [-0.1, -0.05) is 30.3 Å². The molecule has 3 N–H and O–H groups in total. The van der Waals surface area contributed by atoms with Crippen molar-refractivity contribution < 1.29 is 9.90 Å². The van der Waals surface area contributed by atoms with Crippen molar-refractivity contribution in [3.63, 3.8) is 0 Å². The molecule has 3 aromatic rings. The smallest absolute Gasteiger partial charge is 0.262 e. The molecule has 0 saturated carbocycles. The molecule has 0 spiro atoms. The molecule has 0 saturated heterocycles. The summed E-state index contributed by atoms with van der Waals surface area (Å²) in [6, 6.07) is 16.3. The first-order valence-electron chi connectivity index (χ1n) is 7.41. The van der Waals surface area contributed by atoms with E-state index in [0.717, 1.165) is 16.5 Å². The molecule has 0 aliphatic rings. The highest BCUT2D eigenvalue weighted by Crippen LogP contribution is 2.24. The van der Waals surface area contributed by atoms with Crippen LogP contribution in [0.25, 0.3) is 17.0 Å². The Bertz CT molecular complexity index is 950. The van der Waals surface area contributed by atoms with Gasteiger partial charge in [0.25, 0.3) is 5.91 Å². The van der Waals surface area contributed by atoms with E-state index in [1.807, 2.05) is 36.4 Å². The summed E-state index contributed by atoms with van der Waals surface area (Å²) < 4.78 is 0. The van der Waals surface area contributed by atoms with E-state index in [-0.39, 0.29) is 11.3 Å². The molecule has 118 valence electrons. The van der Waals surface area contributed by atoms with Crippen LogP contribution in [0, 0.1) is 11.3 Å². The summed E-state index contributed by atoms with van der Waals surface area (Å²) in [5.41, 5.74) is 2.46. The fraction of sp³-hybridized carbons (Fsp3) is 0.0526. The third-order valence-electron chi connectivity index (χ3n) is 3.66. The predicted molar refractivity (Wildman–Crippen MR) is 91.8 cm³/mol. The van der Waals surface area contributed by atoms with Crippen LogP contribution in [-0.2, 0) is 11.3 Å². The number of rotatable bonds is 4. The van der Waals surface area contributed by atoms with Gasteiger partial charge in [-0.05, 0) is 29.8 Å². The minimum absolute atomic E-state index is 0.00942. The number of aromatic nitrogens is 1. The van der Waals surface area contributed by atoms with Crippen LogP contribution in [0.4, 0.5) is 0 Å². The van der Waals surface area contributed by atoms with E-state index < -0.39 is 5.91 Å². The number of aromatic hydroxyl groups is 1. The minimum Gasteiger partial charge on any atom is -0.508 e. The van der Waals surface area contributed by atoms with Gasteiger partial charge in [0.15, 0.2) is 0 Å². The number of carbonyl (C=O) groups excluding carboxylic acids is 1. The maximum Gasteiger partial charge on any atom is 0.262 e. The number of amides is 1. The zero-order valence-electron chi connectivity index (χ0n) is 12.8. The summed E-state index contributed by atoms with van der Waals surface area (Å²) in [4.78, 5) is 15.3. The number of carbonyl (C=O) groups is 1. The Hall–Kier alpha value is -3.52. The highest BCUT2D eigenvalue weighted by atomic mass is 16.3. The quantitative estimate of drug-likeness (QED) is 0.510. The minimum atomic E-state index is -0.434. The van der Waals surface area contributed by atoms with Gasteiger partial charge in [0.05, 0.1) is 0 Å². The van der Waals surface area contributed by atoms with Crippen LogP contribution in [0.15, 0.2) is 60.3 Å². The lowest BCUT2D eigenvalue weighted by Gasteiger charge is -2.04. The lowest BCUT2D eigenvalue weighted by atomic mass is 10.1. The number of nitrogens with zero attached hydrogens (tertiary/aromatic N) is 1. The fourth-order valence-corrected chi connectivity index (χ4v) is 2.43. The molecule has 3 rings (SSSR count). The maximum atomic E-state index is 12.2. The lowest BCUT2D eigenvalue weighted by Crippen LogP contribution is -2.23. The second-order valence-corrected chi connectivity index (χ2v) is 5.31. The van der Waals surface area contributed by atoms with Gasteiger partial charge in [-0.2, -0.15) is 5.26 Å². The molecule has 2 aromatic carbocycles. The van der Waals surface area contributed by atoms with Crippen LogP contribution in [0.5, 0.6) is 5.75 Å². The van der Waals surface area contributed by atoms with Crippen molar-refractivity contribution in [3.05, 3.63) is 71.4 Å². The Kier molecular flexibility index (Phi) is 4.30. The number of aromatic amines is 1. The standard InChI is InChI=1S/C19H15N3O2/c20-10-14(19(24)22-11-13-4-2-1-3-5-13)8-15-12-21-18-7-6-16(23)9-17(15)18/h1-9,12,21,23H,11H2,(H,22,24). The first-order valence-corrected chi connectivity index (χ1v) is 7.41. The Balaban J connectivity index is 1.82. The van der Waals surface area contributed by atoms with Gasteiger partial charge < -0.3 is 15.4 Å². The second kappa shape index (κ2) is 6.71. The summed E-state index contributed by atoms with van der Waals surface area (Å²) in [5, 5.41) is 22.4. The number of H-pyrrole nitrogens is 1. The molecule has 0 fully saturated rings. The SMILES string of the molecule is N#CC(=Cc1c[nH]c2ccc(O)cc12)C(=O)NCc1ccccc1. The average Bonchev–Trinajstić information content (AvgIpc) is 3.00. The van der Waals surface area contributed by atoms with E-state index in [1.165, 1.54) is 6.08 Å². The van der Waals surface area contributed by atoms with Gasteiger partial charge in [0.2, 0.25) is 0 Å². The van der Waals surface area contributed by atoms with E-state index in [0.29, 0.717) is 12.1 Å². The zero-order chi connectivity index (χ0) is 16.9. The van der Waals surface area contributed by atoms with Crippen molar-refractivity contribution in [2.75, 3.05) is 0 Å². The number of nitriles is 1. The van der Waals surface area contributed by atoms with Gasteiger partial charge in [-0.15, -0.1) is 0 Å². The molecule has 1 amide bonds. The van der Waals surface area contributed by atoms with Crippen molar-refractivity contribution in [3.8, 4) is 11.8 Å². The maximum absolute atomic E-state index is 12.2. The Labute approximate surface area is 138 Å². The van der Waals surface area contributed by atoms with E-state index >= 15 is 0 Å². The van der Waals surface area contributed by atoms with Gasteiger partial charge >= 0.3 is 0 Å². The monoisotopic (exact) mass is 317 g/mol. The van der Waals surface area contributed by atoms with Crippen LogP contribution in [-0.4, -0.2) is 16.0 Å². The van der Waals surface area contributed by atoms with Crippen molar-refractivity contribution in [2.45, 2.75) is 6.54 Å². The van der Waals surface area contributed by atoms with Crippen molar-refractivity contribution in [2.24, 2.45) is 0 Å². The largest absolute Gasteiger partial charge is 0.508 e. The molecule has 5 heteroatoms. The molecule has 0 aliphatic carbocycles.